The number of carbonyl (C=O) groups is 1. The fourth-order valence-corrected chi connectivity index (χ4v) is 5.75. The minimum absolute atomic E-state index is 0.0368. The van der Waals surface area contributed by atoms with Gasteiger partial charge in [0.25, 0.3) is 5.69 Å². The molecule has 12 heteroatoms. The first-order valence-electron chi connectivity index (χ1n) is 13.1. The number of hydrogen-bond donors (Lipinski definition) is 2. The van der Waals surface area contributed by atoms with Gasteiger partial charge in [-0.3, -0.25) is 19.9 Å². The van der Waals surface area contributed by atoms with Gasteiger partial charge in [-0.2, -0.15) is 0 Å². The highest BCUT2D eigenvalue weighted by atomic mass is 32.1. The van der Waals surface area contributed by atoms with Gasteiger partial charge in [-0.25, -0.2) is 0 Å². The summed E-state index contributed by atoms with van der Waals surface area (Å²) in [4.78, 5) is 29.6. The van der Waals surface area contributed by atoms with Crippen LogP contribution in [0.25, 0.3) is 5.69 Å². The third kappa shape index (κ3) is 5.41. The average molecular weight is 587 g/mol. The molecule has 0 radical (unpaired) electrons. The molecule has 0 unspecified atom stereocenters. The number of carbonyl (C=O) groups excluding carboxylic acids is 1. The molecule has 2 aromatic carbocycles. The molecule has 42 heavy (non-hydrogen) atoms. The largest absolute Gasteiger partial charge is 0.494 e. The van der Waals surface area contributed by atoms with Crippen LogP contribution in [0.15, 0.2) is 72.9 Å². The number of nitro benzene ring substituents is 1. The maximum Gasteiger partial charge on any atom is 0.273 e. The van der Waals surface area contributed by atoms with E-state index in [0.717, 1.165) is 28.3 Å². The number of non-ortho nitro benzene ring substituents is 1. The van der Waals surface area contributed by atoms with Crippen molar-refractivity contribution in [1.29, 1.82) is 0 Å². The zero-order valence-electron chi connectivity index (χ0n) is 23.5. The van der Waals surface area contributed by atoms with E-state index in [9.17, 15) is 14.9 Å². The van der Waals surface area contributed by atoms with Crippen LogP contribution in [0.1, 0.15) is 34.7 Å². The SMILES string of the molecule is COCC(=O)Nc1ccc(N2C(=S)N[C@@H](c3ccccn3)[C@H]2c2cc(C)n(-c3ccc([N+](=O)[O-])cc3OC)c2C)cc1. The van der Waals surface area contributed by atoms with Crippen molar-refractivity contribution < 1.29 is 19.2 Å². The molecule has 5 rings (SSSR count). The molecule has 1 saturated heterocycles. The summed E-state index contributed by atoms with van der Waals surface area (Å²) in [5.74, 6) is 0.146. The Kier molecular flexibility index (Phi) is 8.18. The second-order valence-electron chi connectivity index (χ2n) is 9.80. The number of thiocarbonyl (C=S) groups is 1. The molecule has 1 amide bonds. The summed E-state index contributed by atoms with van der Waals surface area (Å²) < 4.78 is 12.5. The molecule has 2 atom stereocenters. The van der Waals surface area contributed by atoms with Gasteiger partial charge in [0.15, 0.2) is 5.11 Å². The minimum Gasteiger partial charge on any atom is -0.494 e. The van der Waals surface area contributed by atoms with Crippen LogP contribution in [0.2, 0.25) is 0 Å². The van der Waals surface area contributed by atoms with E-state index in [-0.39, 0.29) is 30.3 Å². The lowest BCUT2D eigenvalue weighted by Crippen LogP contribution is -2.29. The molecule has 0 saturated carbocycles. The number of benzene rings is 2. The predicted molar refractivity (Wildman–Crippen MR) is 163 cm³/mol. The molecule has 0 bridgehead atoms. The second-order valence-corrected chi connectivity index (χ2v) is 10.2. The molecule has 11 nitrogen and oxygen atoms in total. The monoisotopic (exact) mass is 586 g/mol. The number of nitro groups is 1. The molecule has 1 fully saturated rings. The average Bonchev–Trinajstić information content (AvgIpc) is 3.48. The Morgan fingerprint density at radius 3 is 2.52 bits per heavy atom. The summed E-state index contributed by atoms with van der Waals surface area (Å²) >= 11 is 5.88. The normalized spacial score (nSPS) is 16.3. The number of amides is 1. The first kappa shape index (κ1) is 28.7. The number of anilines is 2. The van der Waals surface area contributed by atoms with Crippen LogP contribution in [0, 0.1) is 24.0 Å². The molecule has 0 spiro atoms. The topological polar surface area (TPSA) is 124 Å². The van der Waals surface area contributed by atoms with E-state index in [1.54, 1.807) is 12.3 Å². The van der Waals surface area contributed by atoms with Crippen molar-refractivity contribution in [3.05, 3.63) is 106 Å². The fraction of sp³-hybridized carbons (Fsp3) is 0.233. The zero-order valence-corrected chi connectivity index (χ0v) is 24.3. The third-order valence-corrected chi connectivity index (χ3v) is 7.52. The van der Waals surface area contributed by atoms with Crippen molar-refractivity contribution in [2.24, 2.45) is 0 Å². The summed E-state index contributed by atoms with van der Waals surface area (Å²) in [7, 11) is 2.97. The Hall–Kier alpha value is -4.81. The Balaban J connectivity index is 1.60. The zero-order chi connectivity index (χ0) is 30.0. The van der Waals surface area contributed by atoms with Crippen molar-refractivity contribution >= 4 is 40.3 Å². The maximum absolute atomic E-state index is 12.0. The number of aromatic nitrogens is 2. The van der Waals surface area contributed by atoms with Crippen molar-refractivity contribution in [3.8, 4) is 11.4 Å². The number of hydrogen-bond acceptors (Lipinski definition) is 7. The van der Waals surface area contributed by atoms with Crippen LogP contribution < -0.4 is 20.3 Å². The Labute approximate surface area is 248 Å². The van der Waals surface area contributed by atoms with E-state index in [1.165, 1.54) is 26.4 Å². The molecule has 1 aliphatic heterocycles. The van der Waals surface area contributed by atoms with Gasteiger partial charge < -0.3 is 29.6 Å². The van der Waals surface area contributed by atoms with Crippen molar-refractivity contribution in [1.82, 2.24) is 14.9 Å². The Morgan fingerprint density at radius 1 is 1.12 bits per heavy atom. The van der Waals surface area contributed by atoms with Gasteiger partial charge in [-0.1, -0.05) is 6.07 Å². The van der Waals surface area contributed by atoms with E-state index in [0.29, 0.717) is 22.2 Å². The quantitative estimate of drug-likeness (QED) is 0.155. The van der Waals surface area contributed by atoms with Crippen molar-refractivity contribution in [3.63, 3.8) is 0 Å². The molecule has 4 aromatic rings. The van der Waals surface area contributed by atoms with Gasteiger partial charge in [-0.15, -0.1) is 0 Å². The molecule has 2 aromatic heterocycles. The van der Waals surface area contributed by atoms with Gasteiger partial charge >= 0.3 is 0 Å². The van der Waals surface area contributed by atoms with Gasteiger partial charge in [-0.05, 0) is 80.2 Å². The third-order valence-electron chi connectivity index (χ3n) is 7.21. The number of ether oxygens (including phenoxy) is 2. The first-order chi connectivity index (χ1) is 20.2. The van der Waals surface area contributed by atoms with Crippen LogP contribution >= 0.6 is 12.2 Å². The lowest BCUT2D eigenvalue weighted by Gasteiger charge is -2.28. The van der Waals surface area contributed by atoms with Crippen molar-refractivity contribution in [2.75, 3.05) is 31.0 Å². The lowest BCUT2D eigenvalue weighted by molar-refractivity contribution is -0.384. The number of nitrogens with one attached hydrogen (secondary N) is 2. The smallest absolute Gasteiger partial charge is 0.273 e. The minimum atomic E-state index is -0.443. The van der Waals surface area contributed by atoms with E-state index >= 15 is 0 Å². The number of aryl methyl sites for hydroxylation is 1. The van der Waals surface area contributed by atoms with E-state index in [4.69, 9.17) is 21.7 Å². The van der Waals surface area contributed by atoms with Gasteiger partial charge in [0, 0.05) is 42.1 Å². The number of nitrogens with zero attached hydrogens (tertiary/aromatic N) is 4. The lowest BCUT2D eigenvalue weighted by atomic mass is 9.96. The molecule has 216 valence electrons. The molecular weight excluding hydrogens is 556 g/mol. The number of rotatable bonds is 9. The summed E-state index contributed by atoms with van der Waals surface area (Å²) in [6.45, 7) is 3.95. The summed E-state index contributed by atoms with van der Waals surface area (Å²) in [6, 6.07) is 19.4. The van der Waals surface area contributed by atoms with E-state index in [2.05, 4.69) is 26.6 Å². The number of pyridine rings is 1. The highest BCUT2D eigenvalue weighted by Gasteiger charge is 2.42. The maximum atomic E-state index is 12.0. The highest BCUT2D eigenvalue weighted by Crippen LogP contribution is 2.44. The number of methoxy groups -OCH3 is 2. The van der Waals surface area contributed by atoms with E-state index in [1.807, 2.05) is 60.9 Å². The summed E-state index contributed by atoms with van der Waals surface area (Å²) in [5, 5.41) is 18.2. The summed E-state index contributed by atoms with van der Waals surface area (Å²) in [5.41, 5.74) is 5.77. The second kappa shape index (κ2) is 12.0. The fourth-order valence-electron chi connectivity index (χ4n) is 5.40. The van der Waals surface area contributed by atoms with Crippen LogP contribution in [0.4, 0.5) is 17.1 Å². The van der Waals surface area contributed by atoms with Gasteiger partial charge in [0.05, 0.1) is 41.6 Å². The highest BCUT2D eigenvalue weighted by molar-refractivity contribution is 7.80. The molecule has 2 N–H and O–H groups in total. The van der Waals surface area contributed by atoms with E-state index < -0.39 is 4.92 Å². The van der Waals surface area contributed by atoms with Gasteiger partial charge in [0.1, 0.15) is 12.4 Å². The van der Waals surface area contributed by atoms with Crippen LogP contribution in [-0.2, 0) is 9.53 Å². The molecule has 0 aliphatic carbocycles. The van der Waals surface area contributed by atoms with Crippen LogP contribution in [0.3, 0.4) is 0 Å². The Morgan fingerprint density at radius 2 is 1.88 bits per heavy atom. The van der Waals surface area contributed by atoms with Gasteiger partial charge in [0.2, 0.25) is 5.91 Å². The molecule has 1 aliphatic rings. The van der Waals surface area contributed by atoms with Crippen molar-refractivity contribution in [2.45, 2.75) is 25.9 Å². The van der Waals surface area contributed by atoms with Crippen LogP contribution in [-0.4, -0.2) is 46.3 Å². The van der Waals surface area contributed by atoms with Crippen LogP contribution in [0.5, 0.6) is 5.75 Å². The summed E-state index contributed by atoms with van der Waals surface area (Å²) in [6.07, 6.45) is 1.75. The standard InChI is InChI=1S/C30H30N6O5S/c1-18-15-23(19(2)34(18)25-13-12-22(36(38)39)16-26(25)41-4)29-28(24-7-5-6-14-31-24)33-30(42)35(29)21-10-8-20(9-11-21)32-27(37)17-40-3/h5-16,28-29H,17H2,1-4H3,(H,32,37)(H,33,42)/t28-,29+/m0/s1. The molecule has 3 heterocycles. The molecular formula is C30H30N6O5S. The Bertz CT molecular complexity index is 1640. The first-order valence-corrected chi connectivity index (χ1v) is 13.6. The predicted octanol–water partition coefficient (Wildman–Crippen LogP) is 5.17.